The molecule has 0 radical (unpaired) electrons. The number of aryl methyl sites for hydroxylation is 1. The largest absolute Gasteiger partial charge is 0.619 e. The van der Waals surface area contributed by atoms with Crippen molar-refractivity contribution in [3.05, 3.63) is 29.0 Å². The molecule has 1 aliphatic carbocycles. The molecule has 2 fully saturated rings. The Labute approximate surface area is 144 Å². The van der Waals surface area contributed by atoms with Gasteiger partial charge in [0.15, 0.2) is 0 Å². The third kappa shape index (κ3) is 2.86. The van der Waals surface area contributed by atoms with E-state index in [1.807, 2.05) is 0 Å². The van der Waals surface area contributed by atoms with Crippen molar-refractivity contribution < 1.29 is 13.2 Å². The molecule has 1 aromatic rings. The average molecular weight is 350 g/mol. The minimum absolute atomic E-state index is 0.0316. The predicted molar refractivity (Wildman–Crippen MR) is 95.0 cm³/mol. The van der Waals surface area contributed by atoms with Gasteiger partial charge in [0, 0.05) is 24.2 Å². The SMILES string of the molecule is C=[N+]([O-])c1cc(S(=O)(=O)N2CC3(C)CC2CC(C)(C)C3)ccc1C. The molecule has 0 amide bonds. The summed E-state index contributed by atoms with van der Waals surface area (Å²) in [7, 11) is -3.61. The van der Waals surface area contributed by atoms with E-state index in [-0.39, 0.29) is 21.8 Å². The van der Waals surface area contributed by atoms with Gasteiger partial charge in [0.25, 0.3) is 0 Å². The second-order valence-electron chi connectivity index (χ2n) is 8.59. The Balaban J connectivity index is 2.01. The molecule has 1 aromatic carbocycles. The Bertz CT molecular complexity index is 800. The van der Waals surface area contributed by atoms with Crippen molar-refractivity contribution in [1.82, 2.24) is 4.31 Å². The second-order valence-corrected chi connectivity index (χ2v) is 10.5. The van der Waals surface area contributed by atoms with Gasteiger partial charge in [-0.3, -0.25) is 0 Å². The molecular weight excluding hydrogens is 324 g/mol. The zero-order chi connectivity index (χ0) is 17.9. The topological polar surface area (TPSA) is 63.5 Å². The molecule has 0 aromatic heterocycles. The summed E-state index contributed by atoms with van der Waals surface area (Å²) in [4.78, 5) is 0.182. The Kier molecular flexibility index (Phi) is 3.85. The molecule has 132 valence electrons. The van der Waals surface area contributed by atoms with E-state index in [0.717, 1.165) is 19.3 Å². The molecule has 24 heavy (non-hydrogen) atoms. The lowest BCUT2D eigenvalue weighted by Gasteiger charge is -2.39. The second kappa shape index (κ2) is 5.30. The average Bonchev–Trinajstić information content (AvgIpc) is 2.68. The van der Waals surface area contributed by atoms with Crippen LogP contribution in [0.2, 0.25) is 0 Å². The highest BCUT2D eigenvalue weighted by Crippen LogP contribution is 2.53. The summed E-state index contributed by atoms with van der Waals surface area (Å²) >= 11 is 0. The fourth-order valence-electron chi connectivity index (χ4n) is 4.84. The van der Waals surface area contributed by atoms with E-state index in [0.29, 0.717) is 22.5 Å². The smallest absolute Gasteiger partial charge is 0.243 e. The third-order valence-electron chi connectivity index (χ3n) is 5.42. The van der Waals surface area contributed by atoms with E-state index in [1.165, 1.54) is 6.07 Å². The van der Waals surface area contributed by atoms with Gasteiger partial charge in [-0.15, -0.1) is 0 Å². The highest BCUT2D eigenvalue weighted by Gasteiger charge is 2.53. The van der Waals surface area contributed by atoms with Crippen LogP contribution < -0.4 is 0 Å². The molecule has 1 saturated heterocycles. The van der Waals surface area contributed by atoms with E-state index in [2.05, 4.69) is 27.5 Å². The van der Waals surface area contributed by atoms with Gasteiger partial charge >= 0.3 is 0 Å². The van der Waals surface area contributed by atoms with Crippen molar-refractivity contribution in [2.45, 2.75) is 57.9 Å². The van der Waals surface area contributed by atoms with Crippen LogP contribution in [0, 0.1) is 23.0 Å². The van der Waals surface area contributed by atoms with Crippen LogP contribution in [0.3, 0.4) is 0 Å². The van der Waals surface area contributed by atoms with Crippen LogP contribution in [-0.4, -0.2) is 36.8 Å². The van der Waals surface area contributed by atoms with Gasteiger partial charge in [0.1, 0.15) is 6.72 Å². The lowest BCUT2D eigenvalue weighted by Crippen LogP contribution is -2.37. The molecule has 2 unspecified atom stereocenters. The number of hydrogen-bond acceptors (Lipinski definition) is 3. The number of sulfonamides is 1. The van der Waals surface area contributed by atoms with E-state index >= 15 is 0 Å². The van der Waals surface area contributed by atoms with Gasteiger partial charge in [0.2, 0.25) is 15.7 Å². The summed E-state index contributed by atoms with van der Waals surface area (Å²) in [5, 5.41) is 11.6. The molecule has 0 spiro atoms. The first-order chi connectivity index (χ1) is 10.9. The van der Waals surface area contributed by atoms with Crippen molar-refractivity contribution in [1.29, 1.82) is 0 Å². The first-order valence-electron chi connectivity index (χ1n) is 8.34. The molecule has 5 nitrogen and oxygen atoms in total. The lowest BCUT2D eigenvalue weighted by atomic mass is 9.65. The van der Waals surface area contributed by atoms with E-state index in [4.69, 9.17) is 0 Å². The van der Waals surface area contributed by atoms with Crippen LogP contribution in [0.1, 0.15) is 45.6 Å². The maximum absolute atomic E-state index is 13.2. The molecule has 0 N–H and O–H groups in total. The fraction of sp³-hybridized carbons (Fsp3) is 0.611. The van der Waals surface area contributed by atoms with Crippen LogP contribution in [0.25, 0.3) is 0 Å². The quantitative estimate of drug-likeness (QED) is 0.363. The van der Waals surface area contributed by atoms with E-state index < -0.39 is 10.0 Å². The first kappa shape index (κ1) is 17.4. The van der Waals surface area contributed by atoms with Gasteiger partial charge in [-0.1, -0.05) is 26.8 Å². The molecule has 2 aliphatic rings. The summed E-state index contributed by atoms with van der Waals surface area (Å²) in [6, 6.07) is 4.75. The fourth-order valence-corrected chi connectivity index (χ4v) is 6.64. The van der Waals surface area contributed by atoms with Crippen molar-refractivity contribution in [3.8, 4) is 0 Å². The summed E-state index contributed by atoms with van der Waals surface area (Å²) in [5.74, 6) is 0. The number of hydrogen-bond donors (Lipinski definition) is 0. The Hall–Kier alpha value is -1.40. The maximum atomic E-state index is 13.2. The molecule has 2 bridgehead atoms. The van der Waals surface area contributed by atoms with Crippen molar-refractivity contribution in [3.63, 3.8) is 0 Å². The molecule has 1 aliphatic heterocycles. The summed E-state index contributed by atoms with van der Waals surface area (Å²) < 4.78 is 28.5. The number of nitrogens with zero attached hydrogens (tertiary/aromatic N) is 2. The Morgan fingerprint density at radius 2 is 1.96 bits per heavy atom. The standard InChI is InChI=1S/C18H26N2O3S/c1-13-6-7-15(8-16(13)19(5)21)24(22,23)20-12-18(4)10-14(20)9-17(2,3)11-18/h6-8,14H,5,9-12H2,1-4H3. The summed E-state index contributed by atoms with van der Waals surface area (Å²) in [6.07, 6.45) is 2.83. The Morgan fingerprint density at radius 3 is 2.58 bits per heavy atom. The highest BCUT2D eigenvalue weighted by molar-refractivity contribution is 7.89. The van der Waals surface area contributed by atoms with E-state index in [1.54, 1.807) is 23.4 Å². The van der Waals surface area contributed by atoms with Crippen LogP contribution in [0.4, 0.5) is 5.69 Å². The van der Waals surface area contributed by atoms with Crippen LogP contribution in [0.15, 0.2) is 23.1 Å². The lowest BCUT2D eigenvalue weighted by molar-refractivity contribution is -0.350. The first-order valence-corrected chi connectivity index (χ1v) is 9.78. The number of rotatable bonds is 3. The minimum atomic E-state index is -3.61. The highest BCUT2D eigenvalue weighted by atomic mass is 32.2. The van der Waals surface area contributed by atoms with Crippen molar-refractivity contribution in [2.75, 3.05) is 6.54 Å². The summed E-state index contributed by atoms with van der Waals surface area (Å²) in [5.41, 5.74) is 1.20. The number of fused-ring (bicyclic) bond motifs is 2. The zero-order valence-corrected chi connectivity index (χ0v) is 15.7. The predicted octanol–water partition coefficient (Wildman–Crippen LogP) is 3.43. The zero-order valence-electron chi connectivity index (χ0n) is 14.9. The van der Waals surface area contributed by atoms with Gasteiger partial charge in [-0.2, -0.15) is 9.04 Å². The van der Waals surface area contributed by atoms with Crippen LogP contribution in [-0.2, 0) is 10.0 Å². The van der Waals surface area contributed by atoms with Crippen molar-refractivity contribution in [2.24, 2.45) is 10.8 Å². The molecule has 1 heterocycles. The monoisotopic (exact) mass is 350 g/mol. The molecular formula is C18H26N2O3S. The van der Waals surface area contributed by atoms with Gasteiger partial charge in [-0.05, 0) is 43.1 Å². The number of benzene rings is 1. The maximum Gasteiger partial charge on any atom is 0.243 e. The minimum Gasteiger partial charge on any atom is -0.619 e. The van der Waals surface area contributed by atoms with Crippen molar-refractivity contribution >= 4 is 22.4 Å². The Morgan fingerprint density at radius 1 is 1.29 bits per heavy atom. The van der Waals surface area contributed by atoms with Gasteiger partial charge in [-0.25, -0.2) is 8.42 Å². The van der Waals surface area contributed by atoms with Crippen LogP contribution in [0.5, 0.6) is 0 Å². The summed E-state index contributed by atoms with van der Waals surface area (Å²) in [6.45, 7) is 12.3. The molecule has 3 rings (SSSR count). The third-order valence-corrected chi connectivity index (χ3v) is 7.32. The normalized spacial score (nSPS) is 29.6. The molecule has 6 heteroatoms. The molecule has 2 atom stereocenters. The van der Waals surface area contributed by atoms with Gasteiger partial charge in [0.05, 0.1) is 4.90 Å². The molecule has 1 saturated carbocycles. The van der Waals surface area contributed by atoms with Gasteiger partial charge < -0.3 is 5.21 Å². The van der Waals surface area contributed by atoms with Crippen LogP contribution >= 0.6 is 0 Å². The van der Waals surface area contributed by atoms with E-state index in [9.17, 15) is 13.6 Å².